The first-order valence-corrected chi connectivity index (χ1v) is 12.5. The van der Waals surface area contributed by atoms with Crippen molar-refractivity contribution in [1.29, 1.82) is 10.5 Å². The van der Waals surface area contributed by atoms with E-state index in [-0.39, 0.29) is 0 Å². The van der Waals surface area contributed by atoms with Gasteiger partial charge in [-0.1, -0.05) is 60.7 Å². The lowest BCUT2D eigenvalue weighted by Crippen LogP contribution is -1.94. The van der Waals surface area contributed by atoms with Crippen LogP contribution in [-0.2, 0) is 0 Å². The van der Waals surface area contributed by atoms with Crippen molar-refractivity contribution in [3.63, 3.8) is 0 Å². The molecule has 7 aromatic rings. The van der Waals surface area contributed by atoms with Crippen LogP contribution >= 0.6 is 11.3 Å². The number of hydrogen-bond donors (Lipinski definition) is 0. The smallest absolute Gasteiger partial charge is 0.0998 e. The first kappa shape index (κ1) is 20.5. The quantitative estimate of drug-likeness (QED) is 0.251. The number of hydrogen-bond acceptors (Lipinski definition) is 3. The molecule has 36 heavy (non-hydrogen) atoms. The van der Waals surface area contributed by atoms with E-state index in [1.807, 2.05) is 17.4 Å². The van der Waals surface area contributed by atoms with Gasteiger partial charge in [0.2, 0.25) is 0 Å². The third-order valence-corrected chi connectivity index (χ3v) is 8.02. The fraction of sp³-hybridized carbons (Fsp3) is 0. The van der Waals surface area contributed by atoms with E-state index in [1.54, 1.807) is 18.2 Å². The van der Waals surface area contributed by atoms with Gasteiger partial charge in [0.05, 0.1) is 34.3 Å². The molecule has 0 spiro atoms. The molecule has 0 bridgehead atoms. The van der Waals surface area contributed by atoms with Crippen molar-refractivity contribution in [2.75, 3.05) is 0 Å². The van der Waals surface area contributed by atoms with Crippen molar-refractivity contribution in [1.82, 2.24) is 4.57 Å². The Morgan fingerprint density at radius 1 is 0.556 bits per heavy atom. The van der Waals surface area contributed by atoms with Gasteiger partial charge in [-0.15, -0.1) is 11.3 Å². The van der Waals surface area contributed by atoms with E-state index in [2.05, 4.69) is 95.6 Å². The minimum atomic E-state index is 0.503. The second-order valence-corrected chi connectivity index (χ2v) is 9.90. The Hall–Kier alpha value is -4.90. The molecule has 7 rings (SSSR count). The van der Waals surface area contributed by atoms with E-state index >= 15 is 0 Å². The summed E-state index contributed by atoms with van der Waals surface area (Å²) in [4.78, 5) is 0. The summed E-state index contributed by atoms with van der Waals surface area (Å²) in [6.45, 7) is 0. The van der Waals surface area contributed by atoms with Crippen LogP contribution < -0.4 is 0 Å². The number of nitrogens with zero attached hydrogens (tertiary/aromatic N) is 3. The topological polar surface area (TPSA) is 52.5 Å². The molecule has 0 radical (unpaired) electrons. The molecular formula is C32H17N3S. The maximum atomic E-state index is 9.76. The summed E-state index contributed by atoms with van der Waals surface area (Å²) in [5.74, 6) is 0. The average molecular weight is 476 g/mol. The summed E-state index contributed by atoms with van der Waals surface area (Å²) >= 11 is 1.81. The Labute approximate surface area is 211 Å². The minimum absolute atomic E-state index is 0.503. The van der Waals surface area contributed by atoms with Crippen molar-refractivity contribution in [2.45, 2.75) is 0 Å². The predicted molar refractivity (Wildman–Crippen MR) is 149 cm³/mol. The highest BCUT2D eigenvalue weighted by Crippen LogP contribution is 2.39. The van der Waals surface area contributed by atoms with Crippen molar-refractivity contribution in [3.8, 4) is 29.0 Å². The van der Waals surface area contributed by atoms with Crippen LogP contribution in [0, 0.1) is 22.7 Å². The second-order valence-electron chi connectivity index (χ2n) is 8.81. The summed E-state index contributed by atoms with van der Waals surface area (Å²) in [6, 6.07) is 39.7. The zero-order valence-corrected chi connectivity index (χ0v) is 19.9. The zero-order chi connectivity index (χ0) is 24.2. The first-order chi connectivity index (χ1) is 17.8. The van der Waals surface area contributed by atoms with E-state index < -0.39 is 0 Å². The number of benzene rings is 5. The van der Waals surface area contributed by atoms with Gasteiger partial charge in [0.25, 0.3) is 0 Å². The molecule has 0 atom stereocenters. The maximum absolute atomic E-state index is 9.76. The summed E-state index contributed by atoms with van der Waals surface area (Å²) in [6.07, 6.45) is 0. The van der Waals surface area contributed by atoms with Crippen LogP contribution in [0.5, 0.6) is 0 Å². The number of rotatable bonds is 2. The van der Waals surface area contributed by atoms with Crippen molar-refractivity contribution >= 4 is 53.3 Å². The standard InChI is InChI=1S/C32H17N3S/c33-18-21-6-5-7-22(19-34)32(21)20-12-14-25-24-8-1-3-10-28(24)35(29(25)16-20)23-13-15-27-26-9-2-4-11-30(26)36-31(27)17-23/h1-17H. The summed E-state index contributed by atoms with van der Waals surface area (Å²) in [5.41, 5.74) is 5.81. The summed E-state index contributed by atoms with van der Waals surface area (Å²) < 4.78 is 4.82. The van der Waals surface area contributed by atoms with E-state index in [0.717, 1.165) is 27.7 Å². The first-order valence-electron chi connectivity index (χ1n) is 11.7. The fourth-order valence-corrected chi connectivity index (χ4v) is 6.45. The number of aromatic nitrogens is 1. The lowest BCUT2D eigenvalue weighted by molar-refractivity contribution is 1.19. The Morgan fingerprint density at radius 2 is 1.22 bits per heavy atom. The van der Waals surface area contributed by atoms with Gasteiger partial charge in [0, 0.05) is 42.2 Å². The highest BCUT2D eigenvalue weighted by Gasteiger charge is 2.17. The van der Waals surface area contributed by atoms with Gasteiger partial charge in [-0.05, 0) is 48.0 Å². The predicted octanol–water partition coefficient (Wildman–Crippen LogP) is 8.56. The monoisotopic (exact) mass is 475 g/mol. The molecule has 0 saturated heterocycles. The van der Waals surface area contributed by atoms with Crippen molar-refractivity contribution < 1.29 is 0 Å². The molecule has 5 aromatic carbocycles. The van der Waals surface area contributed by atoms with Gasteiger partial charge in [-0.3, -0.25) is 0 Å². The van der Waals surface area contributed by atoms with Gasteiger partial charge >= 0.3 is 0 Å². The van der Waals surface area contributed by atoms with E-state index in [1.165, 1.54) is 25.6 Å². The fourth-order valence-electron chi connectivity index (χ4n) is 5.31. The molecule has 2 heterocycles. The number of thiophene rings is 1. The molecule has 4 heteroatoms. The lowest BCUT2D eigenvalue weighted by Gasteiger charge is -2.11. The van der Waals surface area contributed by atoms with E-state index in [0.29, 0.717) is 16.7 Å². The SMILES string of the molecule is N#Cc1cccc(C#N)c1-c1ccc2c3ccccc3n(-c3ccc4c(c3)sc3ccccc34)c2c1. The number of para-hydroxylation sites is 1. The Kier molecular flexibility index (Phi) is 4.45. The van der Waals surface area contributed by atoms with Crippen LogP contribution in [0.2, 0.25) is 0 Å². The molecule has 0 amide bonds. The van der Waals surface area contributed by atoms with E-state index in [9.17, 15) is 10.5 Å². The van der Waals surface area contributed by atoms with Crippen LogP contribution in [0.1, 0.15) is 11.1 Å². The largest absolute Gasteiger partial charge is 0.309 e. The van der Waals surface area contributed by atoms with Crippen molar-refractivity contribution in [2.24, 2.45) is 0 Å². The molecule has 0 N–H and O–H groups in total. The number of nitriles is 2. The van der Waals surface area contributed by atoms with Crippen LogP contribution in [-0.4, -0.2) is 4.57 Å². The molecule has 0 aliphatic rings. The summed E-state index contributed by atoms with van der Waals surface area (Å²) in [5, 5.41) is 24.4. The van der Waals surface area contributed by atoms with Gasteiger partial charge in [0.15, 0.2) is 0 Å². The maximum Gasteiger partial charge on any atom is 0.0998 e. The summed E-state index contributed by atoms with van der Waals surface area (Å²) in [7, 11) is 0. The molecule has 3 nitrogen and oxygen atoms in total. The van der Waals surface area contributed by atoms with Crippen molar-refractivity contribution in [3.05, 3.63) is 114 Å². The second kappa shape index (κ2) is 7.82. The van der Waals surface area contributed by atoms with Crippen LogP contribution in [0.4, 0.5) is 0 Å². The molecule has 0 aliphatic heterocycles. The third kappa shape index (κ3) is 2.89. The highest BCUT2D eigenvalue weighted by atomic mass is 32.1. The molecule has 0 saturated carbocycles. The molecule has 0 fully saturated rings. The lowest BCUT2D eigenvalue weighted by atomic mass is 9.94. The minimum Gasteiger partial charge on any atom is -0.309 e. The van der Waals surface area contributed by atoms with Crippen LogP contribution in [0.3, 0.4) is 0 Å². The molecule has 0 unspecified atom stereocenters. The normalized spacial score (nSPS) is 11.3. The van der Waals surface area contributed by atoms with Gasteiger partial charge in [0.1, 0.15) is 0 Å². The van der Waals surface area contributed by atoms with Crippen LogP contribution in [0.15, 0.2) is 103 Å². The molecule has 166 valence electrons. The molecule has 0 aliphatic carbocycles. The molecular weight excluding hydrogens is 458 g/mol. The Balaban J connectivity index is 1.55. The zero-order valence-electron chi connectivity index (χ0n) is 19.1. The highest BCUT2D eigenvalue weighted by molar-refractivity contribution is 7.25. The van der Waals surface area contributed by atoms with Gasteiger partial charge in [-0.25, -0.2) is 0 Å². The average Bonchev–Trinajstić information content (AvgIpc) is 3.47. The Morgan fingerprint density at radius 3 is 2.03 bits per heavy atom. The Bertz CT molecular complexity index is 2050. The number of fused-ring (bicyclic) bond motifs is 6. The third-order valence-electron chi connectivity index (χ3n) is 6.89. The van der Waals surface area contributed by atoms with Gasteiger partial charge in [-0.2, -0.15) is 10.5 Å². The van der Waals surface area contributed by atoms with Gasteiger partial charge < -0.3 is 4.57 Å². The molecule has 2 aromatic heterocycles. The van der Waals surface area contributed by atoms with Crippen LogP contribution in [0.25, 0.3) is 58.8 Å². The van der Waals surface area contributed by atoms with E-state index in [4.69, 9.17) is 0 Å².